The molecule has 1 aromatic carbocycles. The van der Waals surface area contributed by atoms with E-state index in [9.17, 15) is 4.79 Å². The summed E-state index contributed by atoms with van der Waals surface area (Å²) in [5.74, 6) is -0.0794. The van der Waals surface area contributed by atoms with Crippen LogP contribution in [0.1, 0.15) is 32.3 Å². The average Bonchev–Trinajstić information content (AvgIpc) is 2.38. The van der Waals surface area contributed by atoms with Gasteiger partial charge in [0.15, 0.2) is 0 Å². The first kappa shape index (κ1) is 15.0. The van der Waals surface area contributed by atoms with E-state index in [4.69, 9.17) is 5.26 Å². The zero-order chi connectivity index (χ0) is 14.8. The third-order valence-corrected chi connectivity index (χ3v) is 4.24. The standard InChI is InChI=1S/C15H18BrN3O/c1-15(2)6-3-7-18-13(15)14(20)19-12-8-11(16)5-4-10(12)9-17/h4-5,8,13,18H,3,6-7H2,1-2H3,(H,19,20). The van der Waals surface area contributed by atoms with E-state index in [1.165, 1.54) is 0 Å². The van der Waals surface area contributed by atoms with Gasteiger partial charge in [0.25, 0.3) is 0 Å². The van der Waals surface area contributed by atoms with Gasteiger partial charge in [-0.2, -0.15) is 5.26 Å². The van der Waals surface area contributed by atoms with Gasteiger partial charge in [-0.25, -0.2) is 0 Å². The number of nitrogens with zero attached hydrogens (tertiary/aromatic N) is 1. The molecule has 2 rings (SSSR count). The molecule has 4 nitrogen and oxygen atoms in total. The number of hydrogen-bond donors (Lipinski definition) is 2. The van der Waals surface area contributed by atoms with Gasteiger partial charge >= 0.3 is 0 Å². The minimum Gasteiger partial charge on any atom is -0.323 e. The van der Waals surface area contributed by atoms with Gasteiger partial charge in [-0.15, -0.1) is 0 Å². The maximum Gasteiger partial charge on any atom is 0.242 e. The number of rotatable bonds is 2. The average molecular weight is 336 g/mol. The number of piperidine rings is 1. The van der Waals surface area contributed by atoms with Gasteiger partial charge in [-0.1, -0.05) is 29.8 Å². The molecule has 106 valence electrons. The van der Waals surface area contributed by atoms with Crippen LogP contribution in [0.2, 0.25) is 0 Å². The van der Waals surface area contributed by atoms with Crippen molar-refractivity contribution in [1.82, 2.24) is 5.32 Å². The molecule has 0 aliphatic carbocycles. The molecule has 0 radical (unpaired) electrons. The number of nitrogens with one attached hydrogen (secondary N) is 2. The summed E-state index contributed by atoms with van der Waals surface area (Å²) in [5, 5.41) is 15.3. The van der Waals surface area contributed by atoms with Gasteiger partial charge in [-0.3, -0.25) is 4.79 Å². The smallest absolute Gasteiger partial charge is 0.242 e. The van der Waals surface area contributed by atoms with Crippen molar-refractivity contribution in [3.8, 4) is 6.07 Å². The van der Waals surface area contributed by atoms with Crippen molar-refractivity contribution in [3.63, 3.8) is 0 Å². The number of halogens is 1. The Kier molecular flexibility index (Phi) is 4.46. The number of carbonyl (C=O) groups is 1. The first-order chi connectivity index (χ1) is 9.44. The van der Waals surface area contributed by atoms with Crippen LogP contribution in [-0.2, 0) is 4.79 Å². The van der Waals surface area contributed by atoms with Crippen LogP contribution in [0.5, 0.6) is 0 Å². The molecule has 1 unspecified atom stereocenters. The van der Waals surface area contributed by atoms with Gasteiger partial charge in [0.05, 0.1) is 17.3 Å². The van der Waals surface area contributed by atoms with Crippen LogP contribution >= 0.6 is 15.9 Å². The van der Waals surface area contributed by atoms with Crippen LogP contribution in [0, 0.1) is 16.7 Å². The molecule has 5 heteroatoms. The highest BCUT2D eigenvalue weighted by Crippen LogP contribution is 2.31. The molecule has 0 spiro atoms. The number of anilines is 1. The summed E-state index contributed by atoms with van der Waals surface area (Å²) < 4.78 is 0.836. The summed E-state index contributed by atoms with van der Waals surface area (Å²) in [6.07, 6.45) is 2.10. The van der Waals surface area contributed by atoms with E-state index in [1.807, 2.05) is 0 Å². The number of nitriles is 1. The van der Waals surface area contributed by atoms with Crippen LogP contribution in [0.3, 0.4) is 0 Å². The molecule has 1 aromatic rings. The predicted molar refractivity (Wildman–Crippen MR) is 82.3 cm³/mol. The Bertz CT molecular complexity index is 563. The van der Waals surface area contributed by atoms with E-state index in [-0.39, 0.29) is 17.4 Å². The highest BCUT2D eigenvalue weighted by molar-refractivity contribution is 9.10. The van der Waals surface area contributed by atoms with Crippen molar-refractivity contribution in [1.29, 1.82) is 5.26 Å². The van der Waals surface area contributed by atoms with Gasteiger partial charge < -0.3 is 10.6 Å². The summed E-state index contributed by atoms with van der Waals surface area (Å²) in [7, 11) is 0. The van der Waals surface area contributed by atoms with E-state index >= 15 is 0 Å². The molecule has 1 atom stereocenters. The Morgan fingerprint density at radius 3 is 2.95 bits per heavy atom. The molecule has 0 bridgehead atoms. The van der Waals surface area contributed by atoms with Gasteiger partial charge in [0, 0.05) is 4.47 Å². The Balaban J connectivity index is 2.20. The topological polar surface area (TPSA) is 64.9 Å². The maximum absolute atomic E-state index is 12.5. The second-order valence-electron chi connectivity index (χ2n) is 5.77. The van der Waals surface area contributed by atoms with E-state index in [2.05, 4.69) is 46.5 Å². The lowest BCUT2D eigenvalue weighted by Gasteiger charge is -2.38. The first-order valence-corrected chi connectivity index (χ1v) is 7.47. The molecule has 2 N–H and O–H groups in total. The summed E-state index contributed by atoms with van der Waals surface area (Å²) in [4.78, 5) is 12.5. The van der Waals surface area contributed by atoms with E-state index in [0.717, 1.165) is 23.9 Å². The molecule has 0 aromatic heterocycles. The minimum absolute atomic E-state index is 0.0794. The molecule has 1 amide bonds. The van der Waals surface area contributed by atoms with Gasteiger partial charge in [-0.05, 0) is 43.0 Å². The molecule has 1 heterocycles. The molecule has 1 aliphatic rings. The van der Waals surface area contributed by atoms with Crippen LogP contribution < -0.4 is 10.6 Å². The maximum atomic E-state index is 12.5. The molecular formula is C15H18BrN3O. The number of benzene rings is 1. The normalized spacial score (nSPS) is 21.0. The largest absolute Gasteiger partial charge is 0.323 e. The third-order valence-electron chi connectivity index (χ3n) is 3.75. The Hall–Kier alpha value is -1.38. The van der Waals surface area contributed by atoms with E-state index in [0.29, 0.717) is 11.3 Å². The summed E-state index contributed by atoms with van der Waals surface area (Å²) in [5.41, 5.74) is 0.937. The predicted octanol–water partition coefficient (Wildman–Crippen LogP) is 3.04. The second-order valence-corrected chi connectivity index (χ2v) is 6.69. The number of carbonyl (C=O) groups excluding carboxylic acids is 1. The Labute approximate surface area is 127 Å². The minimum atomic E-state index is -0.234. The van der Waals surface area contributed by atoms with Crippen molar-refractivity contribution in [2.45, 2.75) is 32.7 Å². The van der Waals surface area contributed by atoms with Crippen LogP contribution in [-0.4, -0.2) is 18.5 Å². The Morgan fingerprint density at radius 1 is 1.55 bits per heavy atom. The Morgan fingerprint density at radius 2 is 2.30 bits per heavy atom. The SMILES string of the molecule is CC1(C)CCCNC1C(=O)Nc1cc(Br)ccc1C#N. The van der Waals surface area contributed by atoms with Crippen LogP contribution in [0.4, 0.5) is 5.69 Å². The number of amides is 1. The van der Waals surface area contributed by atoms with E-state index in [1.54, 1.807) is 18.2 Å². The summed E-state index contributed by atoms with van der Waals surface area (Å²) >= 11 is 3.36. The second kappa shape index (κ2) is 5.94. The lowest BCUT2D eigenvalue weighted by Crippen LogP contribution is -2.53. The molecule has 1 aliphatic heterocycles. The van der Waals surface area contributed by atoms with Crippen molar-refractivity contribution < 1.29 is 4.79 Å². The highest BCUT2D eigenvalue weighted by Gasteiger charge is 2.37. The van der Waals surface area contributed by atoms with E-state index < -0.39 is 0 Å². The lowest BCUT2D eigenvalue weighted by molar-refractivity contribution is -0.121. The van der Waals surface area contributed by atoms with Gasteiger partial charge in [0.2, 0.25) is 5.91 Å². The van der Waals surface area contributed by atoms with Crippen molar-refractivity contribution in [2.75, 3.05) is 11.9 Å². The van der Waals surface area contributed by atoms with Crippen molar-refractivity contribution >= 4 is 27.5 Å². The third kappa shape index (κ3) is 3.20. The summed E-state index contributed by atoms with van der Waals surface area (Å²) in [6, 6.07) is 7.10. The molecule has 0 saturated carbocycles. The molecule has 20 heavy (non-hydrogen) atoms. The summed E-state index contributed by atoms with van der Waals surface area (Å²) in [6.45, 7) is 5.04. The highest BCUT2D eigenvalue weighted by atomic mass is 79.9. The van der Waals surface area contributed by atoms with Crippen molar-refractivity contribution in [3.05, 3.63) is 28.2 Å². The lowest BCUT2D eigenvalue weighted by atomic mass is 9.77. The fraction of sp³-hybridized carbons (Fsp3) is 0.467. The zero-order valence-corrected chi connectivity index (χ0v) is 13.3. The van der Waals surface area contributed by atoms with Crippen LogP contribution in [0.15, 0.2) is 22.7 Å². The zero-order valence-electron chi connectivity index (χ0n) is 11.7. The van der Waals surface area contributed by atoms with Gasteiger partial charge in [0.1, 0.15) is 6.07 Å². The molecule has 1 saturated heterocycles. The fourth-order valence-corrected chi connectivity index (χ4v) is 2.94. The quantitative estimate of drug-likeness (QED) is 0.872. The fourth-order valence-electron chi connectivity index (χ4n) is 2.58. The monoisotopic (exact) mass is 335 g/mol. The van der Waals surface area contributed by atoms with Crippen molar-refractivity contribution in [2.24, 2.45) is 5.41 Å². The molecule has 1 fully saturated rings. The first-order valence-electron chi connectivity index (χ1n) is 6.68. The molecular weight excluding hydrogens is 318 g/mol. The van der Waals surface area contributed by atoms with Crippen LogP contribution in [0.25, 0.3) is 0 Å². The number of hydrogen-bond acceptors (Lipinski definition) is 3.